The number of pyridine rings is 1. The Morgan fingerprint density at radius 2 is 1.92 bits per heavy atom. The molecule has 0 aliphatic carbocycles. The van der Waals surface area contributed by atoms with Gasteiger partial charge in [0.1, 0.15) is 0 Å². The summed E-state index contributed by atoms with van der Waals surface area (Å²) in [5, 5.41) is 12.3. The lowest BCUT2D eigenvalue weighted by atomic mass is 10.2. The molecule has 132 valence electrons. The van der Waals surface area contributed by atoms with Crippen LogP contribution in [0.1, 0.15) is 12.6 Å². The predicted molar refractivity (Wildman–Crippen MR) is 94.8 cm³/mol. The topological polar surface area (TPSA) is 83.7 Å². The molecule has 7 heteroatoms. The van der Waals surface area contributed by atoms with Gasteiger partial charge in [-0.25, -0.2) is 0 Å². The van der Waals surface area contributed by atoms with Crippen molar-refractivity contribution in [3.05, 3.63) is 64.3 Å². The van der Waals surface area contributed by atoms with Crippen LogP contribution < -0.4 is 14.2 Å². The van der Waals surface area contributed by atoms with Gasteiger partial charge in [-0.15, -0.1) is 0 Å². The van der Waals surface area contributed by atoms with Crippen molar-refractivity contribution in [1.29, 1.82) is 0 Å². The fourth-order valence-electron chi connectivity index (χ4n) is 2.91. The maximum atomic E-state index is 11.2. The van der Waals surface area contributed by atoms with E-state index in [9.17, 15) is 10.1 Å². The Morgan fingerprint density at radius 1 is 1.15 bits per heavy atom. The lowest BCUT2D eigenvalue weighted by Gasteiger charge is -2.10. The van der Waals surface area contributed by atoms with E-state index in [1.165, 1.54) is 12.1 Å². The van der Waals surface area contributed by atoms with E-state index in [1.807, 2.05) is 36.4 Å². The largest absolute Gasteiger partial charge is 0.487 e. The Kier molecular flexibility index (Phi) is 4.04. The minimum atomic E-state index is -0.588. The van der Waals surface area contributed by atoms with Gasteiger partial charge in [0.2, 0.25) is 12.0 Å². The average Bonchev–Trinajstić information content (AvgIpc) is 3.02. The number of nitrogens with zero attached hydrogens (tertiary/aromatic N) is 2. The van der Waals surface area contributed by atoms with Crippen molar-refractivity contribution in [2.24, 2.45) is 0 Å². The summed E-state index contributed by atoms with van der Waals surface area (Å²) in [5.74, 6) is 0.945. The highest BCUT2D eigenvalue weighted by Crippen LogP contribution is 2.43. The summed E-state index contributed by atoms with van der Waals surface area (Å²) in [6, 6.07) is 14.6. The van der Waals surface area contributed by atoms with Crippen LogP contribution in [-0.2, 0) is 6.42 Å². The molecule has 2 heterocycles. The van der Waals surface area contributed by atoms with E-state index in [1.54, 1.807) is 6.92 Å². The molecule has 7 nitrogen and oxygen atoms in total. The van der Waals surface area contributed by atoms with Crippen molar-refractivity contribution in [2.45, 2.75) is 19.6 Å². The van der Waals surface area contributed by atoms with Crippen molar-refractivity contribution >= 4 is 16.6 Å². The van der Waals surface area contributed by atoms with E-state index in [0.29, 0.717) is 24.5 Å². The second-order valence-electron chi connectivity index (χ2n) is 5.82. The van der Waals surface area contributed by atoms with Gasteiger partial charge < -0.3 is 14.2 Å². The number of benzene rings is 2. The van der Waals surface area contributed by atoms with E-state index in [4.69, 9.17) is 14.2 Å². The second kappa shape index (κ2) is 6.51. The van der Waals surface area contributed by atoms with Gasteiger partial charge in [-0.1, -0.05) is 24.3 Å². The number of nitro benzene ring substituents is 1. The monoisotopic (exact) mass is 352 g/mol. The van der Waals surface area contributed by atoms with Crippen LogP contribution in [0.25, 0.3) is 10.9 Å². The quantitative estimate of drug-likeness (QED) is 0.512. The zero-order valence-corrected chi connectivity index (χ0v) is 14.0. The maximum Gasteiger partial charge on any atom is 0.314 e. The van der Waals surface area contributed by atoms with E-state index in [-0.39, 0.29) is 11.4 Å². The zero-order valence-electron chi connectivity index (χ0n) is 14.0. The molecule has 1 atom stereocenters. The van der Waals surface area contributed by atoms with Gasteiger partial charge in [-0.3, -0.25) is 15.1 Å². The number of ether oxygens (including phenoxy) is 3. The molecule has 0 bridgehead atoms. The Balaban J connectivity index is 1.56. The molecule has 4 rings (SSSR count). The predicted octanol–water partition coefficient (Wildman–Crippen LogP) is 3.88. The molecule has 26 heavy (non-hydrogen) atoms. The molecule has 1 aromatic heterocycles. The van der Waals surface area contributed by atoms with Crippen molar-refractivity contribution in [2.75, 3.05) is 6.61 Å². The van der Waals surface area contributed by atoms with Crippen molar-refractivity contribution in [3.8, 4) is 17.2 Å². The first-order valence-corrected chi connectivity index (χ1v) is 8.27. The van der Waals surface area contributed by atoms with Gasteiger partial charge in [0.05, 0.1) is 29.5 Å². The van der Waals surface area contributed by atoms with Crippen LogP contribution in [-0.4, -0.2) is 22.8 Å². The fourth-order valence-corrected chi connectivity index (χ4v) is 2.91. The molecule has 0 N–H and O–H groups in total. The molecular formula is C19H16N2O5. The molecule has 1 aliphatic rings. The number of nitro groups is 1. The third kappa shape index (κ3) is 2.99. The number of para-hydroxylation sites is 1. The van der Waals surface area contributed by atoms with E-state index >= 15 is 0 Å². The minimum absolute atomic E-state index is 0.140. The van der Waals surface area contributed by atoms with Crippen LogP contribution in [0.2, 0.25) is 0 Å². The van der Waals surface area contributed by atoms with Crippen LogP contribution in [0.3, 0.4) is 0 Å². The summed E-state index contributed by atoms with van der Waals surface area (Å²) in [6.45, 7) is 2.09. The molecule has 0 saturated carbocycles. The van der Waals surface area contributed by atoms with Gasteiger partial charge >= 0.3 is 5.69 Å². The molecule has 0 radical (unpaired) electrons. The lowest BCUT2D eigenvalue weighted by molar-refractivity contribution is -0.385. The fraction of sp³-hybridized carbons (Fsp3) is 0.211. The van der Waals surface area contributed by atoms with Crippen LogP contribution in [0, 0.1) is 10.1 Å². The van der Waals surface area contributed by atoms with Gasteiger partial charge in [-0.05, 0) is 19.1 Å². The SMILES string of the molecule is CCOc1cc2c(cc1[N+](=O)[O-])OC(Cc1ccc3ccccc3n1)O2. The number of aromatic nitrogens is 1. The average molecular weight is 352 g/mol. The number of fused-ring (bicyclic) bond motifs is 2. The van der Waals surface area contributed by atoms with E-state index < -0.39 is 11.2 Å². The summed E-state index contributed by atoms with van der Waals surface area (Å²) in [5.41, 5.74) is 1.58. The first-order chi connectivity index (χ1) is 12.6. The summed E-state index contributed by atoms with van der Waals surface area (Å²) in [6.07, 6.45) is -0.160. The maximum absolute atomic E-state index is 11.2. The lowest BCUT2D eigenvalue weighted by Crippen LogP contribution is -2.21. The van der Waals surface area contributed by atoms with Crippen molar-refractivity contribution < 1.29 is 19.1 Å². The Morgan fingerprint density at radius 3 is 2.69 bits per heavy atom. The molecular weight excluding hydrogens is 336 g/mol. The molecule has 1 unspecified atom stereocenters. The highest BCUT2D eigenvalue weighted by atomic mass is 16.7. The van der Waals surface area contributed by atoms with Gasteiger partial charge in [-0.2, -0.15) is 0 Å². The molecule has 1 aliphatic heterocycles. The number of rotatable bonds is 5. The van der Waals surface area contributed by atoms with E-state index in [2.05, 4.69) is 4.98 Å². The van der Waals surface area contributed by atoms with Crippen molar-refractivity contribution in [3.63, 3.8) is 0 Å². The van der Waals surface area contributed by atoms with Crippen molar-refractivity contribution in [1.82, 2.24) is 4.98 Å². The van der Waals surface area contributed by atoms with Crippen LogP contribution in [0.4, 0.5) is 5.69 Å². The highest BCUT2D eigenvalue weighted by Gasteiger charge is 2.30. The number of hydrogen-bond donors (Lipinski definition) is 0. The molecule has 2 aromatic carbocycles. The third-order valence-electron chi connectivity index (χ3n) is 4.07. The van der Waals surface area contributed by atoms with E-state index in [0.717, 1.165) is 16.6 Å². The van der Waals surface area contributed by atoms with Crippen LogP contribution >= 0.6 is 0 Å². The molecule has 0 saturated heterocycles. The highest BCUT2D eigenvalue weighted by molar-refractivity contribution is 5.78. The second-order valence-corrected chi connectivity index (χ2v) is 5.82. The minimum Gasteiger partial charge on any atom is -0.487 e. The first kappa shape index (κ1) is 16.1. The Hall–Kier alpha value is -3.35. The van der Waals surface area contributed by atoms with Gasteiger partial charge in [0.15, 0.2) is 11.5 Å². The van der Waals surface area contributed by atoms with Gasteiger partial charge in [0.25, 0.3) is 0 Å². The molecule has 3 aromatic rings. The summed E-state index contributed by atoms with van der Waals surface area (Å²) >= 11 is 0. The molecule has 0 amide bonds. The Bertz CT molecular complexity index is 989. The third-order valence-corrected chi connectivity index (χ3v) is 4.07. The molecule has 0 spiro atoms. The molecule has 0 fully saturated rings. The zero-order chi connectivity index (χ0) is 18.1. The first-order valence-electron chi connectivity index (χ1n) is 8.27. The summed E-state index contributed by atoms with van der Waals surface area (Å²) < 4.78 is 16.8. The van der Waals surface area contributed by atoms with Crippen LogP contribution in [0.15, 0.2) is 48.5 Å². The van der Waals surface area contributed by atoms with Gasteiger partial charge in [0, 0.05) is 17.1 Å². The Labute approximate surface area is 149 Å². The summed E-state index contributed by atoms with van der Waals surface area (Å²) in [7, 11) is 0. The number of hydrogen-bond acceptors (Lipinski definition) is 6. The smallest absolute Gasteiger partial charge is 0.314 e. The van der Waals surface area contributed by atoms with Crippen LogP contribution in [0.5, 0.6) is 17.2 Å². The standard InChI is InChI=1S/C19H16N2O5/c1-2-24-16-11-18-17(10-15(16)21(22)23)25-19(26-18)9-13-8-7-12-5-3-4-6-14(12)20-13/h3-8,10-11,19H,2,9H2,1H3. The summed E-state index contributed by atoms with van der Waals surface area (Å²) in [4.78, 5) is 15.3. The normalized spacial score (nSPS) is 15.2.